The molecule has 1 unspecified atom stereocenters. The zero-order chi connectivity index (χ0) is 28.3. The van der Waals surface area contributed by atoms with Crippen LogP contribution in [-0.2, 0) is 16.0 Å². The highest BCUT2D eigenvalue weighted by molar-refractivity contribution is 6.34. The lowest BCUT2D eigenvalue weighted by Crippen LogP contribution is -2.23. The fraction of sp³-hybridized carbons (Fsp3) is 0.143. The molecule has 2 heterocycles. The Bertz CT molecular complexity index is 1620. The molecule has 2 N–H and O–H groups in total. The minimum atomic E-state index is -0.850. The van der Waals surface area contributed by atoms with Gasteiger partial charge < -0.3 is 19.8 Å². The third-order valence-electron chi connectivity index (χ3n) is 5.72. The number of benzene rings is 2. The van der Waals surface area contributed by atoms with Crippen molar-refractivity contribution >= 4 is 29.2 Å². The van der Waals surface area contributed by atoms with E-state index in [0.29, 0.717) is 5.56 Å². The predicted molar refractivity (Wildman–Crippen MR) is 141 cm³/mol. The number of hydrogen-bond donors (Lipinski definition) is 1. The largest absolute Gasteiger partial charge is 0.453 e. The maximum absolute atomic E-state index is 14.8. The number of hydrogen-bond acceptors (Lipinski definition) is 7. The molecule has 4 aromatic rings. The van der Waals surface area contributed by atoms with E-state index in [1.54, 1.807) is 6.92 Å². The number of rotatable bonds is 8. The molecular formula is C28H22ClF2N3O5. The molecule has 0 spiro atoms. The molecule has 2 aromatic carbocycles. The number of nitrogens with zero attached hydrogens (tertiary/aromatic N) is 2. The van der Waals surface area contributed by atoms with E-state index in [9.17, 15) is 23.2 Å². The van der Waals surface area contributed by atoms with Gasteiger partial charge in [-0.1, -0.05) is 29.8 Å². The second-order valence-corrected chi connectivity index (χ2v) is 8.93. The second kappa shape index (κ2) is 11.4. The van der Waals surface area contributed by atoms with Gasteiger partial charge in [0, 0.05) is 43.6 Å². The van der Waals surface area contributed by atoms with Gasteiger partial charge in [0.1, 0.15) is 16.7 Å². The maximum Gasteiger partial charge on any atom is 0.304 e. The second-order valence-electron chi connectivity index (χ2n) is 8.55. The fourth-order valence-electron chi connectivity index (χ4n) is 3.80. The lowest BCUT2D eigenvalue weighted by molar-refractivity contribution is -0.149. The number of nitrogen functional groups attached to an aromatic ring is 1. The summed E-state index contributed by atoms with van der Waals surface area (Å²) in [6.07, 6.45) is 2.88. The van der Waals surface area contributed by atoms with Crippen LogP contribution in [0.2, 0.25) is 5.02 Å². The number of ketones is 1. The van der Waals surface area contributed by atoms with Crippen molar-refractivity contribution in [3.05, 3.63) is 105 Å². The van der Waals surface area contributed by atoms with Crippen LogP contribution in [0.15, 0.2) is 71.9 Å². The molecular weight excluding hydrogens is 532 g/mol. The van der Waals surface area contributed by atoms with Crippen molar-refractivity contribution in [2.75, 3.05) is 5.73 Å². The average Bonchev–Trinajstić information content (AvgIpc) is 2.88. The van der Waals surface area contributed by atoms with Gasteiger partial charge in [-0.25, -0.2) is 13.8 Å². The molecule has 39 heavy (non-hydrogen) atoms. The summed E-state index contributed by atoms with van der Waals surface area (Å²) >= 11 is 6.05. The minimum Gasteiger partial charge on any atom is -0.453 e. The highest BCUT2D eigenvalue weighted by atomic mass is 35.5. The number of esters is 1. The number of ether oxygens (including phenoxy) is 2. The molecule has 0 aliphatic carbocycles. The van der Waals surface area contributed by atoms with Crippen molar-refractivity contribution < 1.29 is 27.8 Å². The van der Waals surface area contributed by atoms with E-state index in [0.717, 1.165) is 6.07 Å². The summed E-state index contributed by atoms with van der Waals surface area (Å²) in [7, 11) is 0. The summed E-state index contributed by atoms with van der Waals surface area (Å²) in [4.78, 5) is 41.9. The van der Waals surface area contributed by atoms with Crippen molar-refractivity contribution in [1.29, 1.82) is 0 Å². The number of carbonyl (C=O) groups is 2. The van der Waals surface area contributed by atoms with E-state index in [1.165, 1.54) is 72.5 Å². The van der Waals surface area contributed by atoms with E-state index >= 15 is 0 Å². The predicted octanol–water partition coefficient (Wildman–Crippen LogP) is 5.72. The molecule has 8 nitrogen and oxygen atoms in total. The Balaban J connectivity index is 1.66. The lowest BCUT2D eigenvalue weighted by atomic mass is 9.99. The lowest BCUT2D eigenvalue weighted by Gasteiger charge is -2.18. The van der Waals surface area contributed by atoms with Gasteiger partial charge in [0.05, 0.1) is 5.56 Å². The van der Waals surface area contributed by atoms with Gasteiger partial charge in [0.15, 0.2) is 34.8 Å². The molecule has 1 atom stereocenters. The van der Waals surface area contributed by atoms with E-state index in [1.807, 2.05) is 0 Å². The highest BCUT2D eigenvalue weighted by Crippen LogP contribution is 2.33. The first kappa shape index (κ1) is 27.5. The zero-order valence-corrected chi connectivity index (χ0v) is 21.5. The average molecular weight is 554 g/mol. The van der Waals surface area contributed by atoms with Gasteiger partial charge >= 0.3 is 5.97 Å². The first-order valence-corrected chi connectivity index (χ1v) is 12.0. The number of halogens is 3. The third kappa shape index (κ3) is 6.29. The van der Waals surface area contributed by atoms with Crippen molar-refractivity contribution in [3.63, 3.8) is 0 Å². The number of Topliss-reactive ketones (excluding diaryl/α,β-unsaturated/α-hetero) is 1. The topological polar surface area (TPSA) is 114 Å². The van der Waals surface area contributed by atoms with Gasteiger partial charge in [0.25, 0.3) is 0 Å². The number of carbonyl (C=O) groups excluding carboxylic acids is 2. The maximum atomic E-state index is 14.8. The first-order chi connectivity index (χ1) is 18.5. The minimum absolute atomic E-state index is 0.0216. The molecule has 0 amide bonds. The fourth-order valence-corrected chi connectivity index (χ4v) is 3.95. The van der Waals surface area contributed by atoms with E-state index in [2.05, 4.69) is 4.98 Å². The van der Waals surface area contributed by atoms with Crippen LogP contribution in [0.3, 0.4) is 0 Å². The van der Waals surface area contributed by atoms with Gasteiger partial charge in [-0.15, -0.1) is 0 Å². The van der Waals surface area contributed by atoms with Crippen molar-refractivity contribution in [1.82, 2.24) is 9.55 Å². The van der Waals surface area contributed by atoms with Crippen LogP contribution in [-0.4, -0.2) is 21.3 Å². The van der Waals surface area contributed by atoms with Gasteiger partial charge in [-0.05, 0) is 42.3 Å². The van der Waals surface area contributed by atoms with Crippen LogP contribution in [0.1, 0.15) is 36.0 Å². The summed E-state index contributed by atoms with van der Waals surface area (Å²) in [5.74, 6) is -2.47. The van der Waals surface area contributed by atoms with Gasteiger partial charge in [-0.3, -0.25) is 14.4 Å². The van der Waals surface area contributed by atoms with Crippen molar-refractivity contribution in [3.8, 4) is 22.6 Å². The zero-order valence-electron chi connectivity index (χ0n) is 20.8. The molecule has 0 saturated carbocycles. The molecule has 0 radical (unpaired) electrons. The quantitative estimate of drug-likeness (QED) is 0.219. The molecule has 4 rings (SSSR count). The Morgan fingerprint density at radius 1 is 1.08 bits per heavy atom. The third-order valence-corrected chi connectivity index (χ3v) is 6.10. The highest BCUT2D eigenvalue weighted by Gasteiger charge is 2.20. The van der Waals surface area contributed by atoms with Crippen LogP contribution >= 0.6 is 11.6 Å². The Hall–Kier alpha value is -4.57. The molecule has 0 aliphatic heterocycles. The Morgan fingerprint density at radius 2 is 1.79 bits per heavy atom. The van der Waals surface area contributed by atoms with Crippen molar-refractivity contribution in [2.24, 2.45) is 0 Å². The molecule has 11 heteroatoms. The monoisotopic (exact) mass is 553 g/mol. The van der Waals surface area contributed by atoms with E-state index < -0.39 is 35.0 Å². The summed E-state index contributed by atoms with van der Waals surface area (Å²) in [5, 5.41) is 0.0245. The Morgan fingerprint density at radius 3 is 2.46 bits per heavy atom. The molecule has 200 valence electrons. The summed E-state index contributed by atoms with van der Waals surface area (Å²) < 4.78 is 40.4. The molecule has 2 aromatic heterocycles. The SMILES string of the molecule is CC(=O)OC(C)n1cc(C(=O)Cc2ccc(Oc3ccnc(N)c3Cl)c(F)c2)c(=O)c(-c2ccc(F)cc2)c1. The summed E-state index contributed by atoms with van der Waals surface area (Å²) in [6.45, 7) is 2.79. The molecule has 0 saturated heterocycles. The van der Waals surface area contributed by atoms with Crippen LogP contribution < -0.4 is 15.9 Å². The molecule has 0 bridgehead atoms. The van der Waals surface area contributed by atoms with Gasteiger partial charge in [0.2, 0.25) is 0 Å². The normalized spacial score (nSPS) is 11.6. The Kier molecular flexibility index (Phi) is 8.06. The van der Waals surface area contributed by atoms with Crippen LogP contribution in [0.4, 0.5) is 14.6 Å². The standard InChI is InChI=1S/C28H22ClF2N3O5/c1-15(38-16(2)35)34-13-20(18-4-6-19(30)7-5-18)27(37)21(14-34)23(36)12-17-3-8-24(22(31)11-17)39-25-9-10-33-28(32)26(25)29/h3-11,13-15H,12H2,1-2H3,(H2,32,33). The first-order valence-electron chi connectivity index (χ1n) is 11.6. The summed E-state index contributed by atoms with van der Waals surface area (Å²) in [6, 6.07) is 10.5. The van der Waals surface area contributed by atoms with E-state index in [4.69, 9.17) is 26.8 Å². The number of nitrogens with two attached hydrogens (primary N) is 1. The van der Waals surface area contributed by atoms with Crippen LogP contribution in [0.25, 0.3) is 11.1 Å². The molecule has 0 aliphatic rings. The summed E-state index contributed by atoms with van der Waals surface area (Å²) in [5.41, 5.74) is 5.56. The Labute approximate surface area is 226 Å². The number of aromatic nitrogens is 2. The van der Waals surface area contributed by atoms with Crippen molar-refractivity contribution in [2.45, 2.75) is 26.5 Å². The van der Waals surface area contributed by atoms with Crippen LogP contribution in [0.5, 0.6) is 11.5 Å². The number of anilines is 1. The van der Waals surface area contributed by atoms with E-state index in [-0.39, 0.29) is 45.5 Å². The van der Waals surface area contributed by atoms with Crippen LogP contribution in [0, 0.1) is 11.6 Å². The van der Waals surface area contributed by atoms with Gasteiger partial charge in [-0.2, -0.15) is 0 Å². The smallest absolute Gasteiger partial charge is 0.304 e. The molecule has 0 fully saturated rings. The number of pyridine rings is 2.